The number of benzene rings is 1. The van der Waals surface area contributed by atoms with Gasteiger partial charge in [0.15, 0.2) is 0 Å². The Kier molecular flexibility index (Phi) is 2.71. The fourth-order valence-corrected chi connectivity index (χ4v) is 1.15. The molecule has 2 N–H and O–H groups in total. The van der Waals surface area contributed by atoms with Gasteiger partial charge in [-0.3, -0.25) is 4.79 Å². The Hall–Kier alpha value is -1.02. The second-order valence-corrected chi connectivity index (χ2v) is 2.88. The van der Waals surface area contributed by atoms with Crippen LogP contribution < -0.4 is 5.73 Å². The molecule has 1 aromatic carbocycles. The van der Waals surface area contributed by atoms with Crippen molar-refractivity contribution in [3.8, 4) is 0 Å². The summed E-state index contributed by atoms with van der Waals surface area (Å²) in [6.45, 7) is 1.98. The maximum atomic E-state index is 10.7. The average Bonchev–Trinajstić information content (AvgIpc) is 2.05. The largest absolute Gasteiger partial charge is 0.399 e. The smallest absolute Gasteiger partial charge is 0.252 e. The van der Waals surface area contributed by atoms with Crippen molar-refractivity contribution in [1.29, 1.82) is 0 Å². The van der Waals surface area contributed by atoms with Gasteiger partial charge in [0.1, 0.15) is 0 Å². The van der Waals surface area contributed by atoms with Crippen LogP contribution in [0.5, 0.6) is 0 Å². The van der Waals surface area contributed by atoms with E-state index >= 15 is 0 Å². The van der Waals surface area contributed by atoms with Gasteiger partial charge in [-0.15, -0.1) is 0 Å². The number of anilines is 1. The molecule has 0 saturated heterocycles. The van der Waals surface area contributed by atoms with Crippen LogP contribution in [0, 0.1) is 0 Å². The fourth-order valence-electron chi connectivity index (χ4n) is 1.03. The molecule has 0 atom stereocenters. The number of aryl methyl sites for hydroxylation is 1. The summed E-state index contributed by atoms with van der Waals surface area (Å²) in [6, 6.07) is 5.06. The Morgan fingerprint density at radius 2 is 2.25 bits per heavy atom. The van der Waals surface area contributed by atoms with Crippen LogP contribution in [0.3, 0.4) is 0 Å². The van der Waals surface area contributed by atoms with Gasteiger partial charge in [-0.05, 0) is 41.8 Å². The van der Waals surface area contributed by atoms with Crippen molar-refractivity contribution in [2.45, 2.75) is 13.3 Å². The molecular weight excluding hydrogens is 174 g/mol. The summed E-state index contributed by atoms with van der Waals surface area (Å²) in [5, 5.41) is -0.440. The maximum Gasteiger partial charge on any atom is 0.252 e. The number of nitrogen functional groups attached to an aromatic ring is 1. The third-order valence-corrected chi connectivity index (χ3v) is 1.97. The van der Waals surface area contributed by atoms with Gasteiger partial charge < -0.3 is 5.73 Å². The molecule has 1 rings (SSSR count). The Balaban J connectivity index is 3.13. The molecule has 2 nitrogen and oxygen atoms in total. The molecule has 0 aliphatic carbocycles. The number of rotatable bonds is 2. The highest BCUT2D eigenvalue weighted by Gasteiger charge is 2.03. The lowest BCUT2D eigenvalue weighted by atomic mass is 10.1. The van der Waals surface area contributed by atoms with E-state index in [1.54, 1.807) is 18.2 Å². The summed E-state index contributed by atoms with van der Waals surface area (Å²) in [5.41, 5.74) is 7.82. The molecule has 0 radical (unpaired) electrons. The second-order valence-electron chi connectivity index (χ2n) is 2.54. The highest BCUT2D eigenvalue weighted by Crippen LogP contribution is 2.15. The van der Waals surface area contributed by atoms with E-state index in [0.717, 1.165) is 12.0 Å². The standard InChI is InChI=1S/C9H10ClNO/c1-2-6-5-7(9(10)12)3-4-8(6)11/h3-5H,2,11H2,1H3. The van der Waals surface area contributed by atoms with Crippen molar-refractivity contribution in [2.75, 3.05) is 5.73 Å². The lowest BCUT2D eigenvalue weighted by molar-refractivity contribution is 0.108. The van der Waals surface area contributed by atoms with Crippen molar-refractivity contribution in [2.24, 2.45) is 0 Å². The zero-order valence-corrected chi connectivity index (χ0v) is 7.56. The number of hydrogen-bond donors (Lipinski definition) is 1. The van der Waals surface area contributed by atoms with Crippen molar-refractivity contribution >= 4 is 22.5 Å². The summed E-state index contributed by atoms with van der Waals surface area (Å²) in [5.74, 6) is 0. The minimum atomic E-state index is -0.440. The monoisotopic (exact) mass is 183 g/mol. The molecule has 0 aromatic heterocycles. The SMILES string of the molecule is CCc1cc(C(=O)Cl)ccc1N. The molecule has 0 saturated carbocycles. The molecule has 0 aliphatic heterocycles. The molecule has 0 heterocycles. The van der Waals surface area contributed by atoms with E-state index in [1.165, 1.54) is 0 Å². The van der Waals surface area contributed by atoms with E-state index < -0.39 is 5.24 Å². The molecular formula is C9H10ClNO. The predicted molar refractivity (Wildman–Crippen MR) is 50.4 cm³/mol. The Morgan fingerprint density at radius 1 is 1.58 bits per heavy atom. The van der Waals surface area contributed by atoms with Gasteiger partial charge in [0, 0.05) is 11.3 Å². The molecule has 64 valence electrons. The highest BCUT2D eigenvalue weighted by molar-refractivity contribution is 6.67. The van der Waals surface area contributed by atoms with E-state index in [4.69, 9.17) is 17.3 Å². The van der Waals surface area contributed by atoms with Gasteiger partial charge in [-0.2, -0.15) is 0 Å². The van der Waals surface area contributed by atoms with Crippen molar-refractivity contribution < 1.29 is 4.79 Å². The van der Waals surface area contributed by atoms with Crippen LogP contribution in [0.4, 0.5) is 5.69 Å². The number of carbonyl (C=O) groups is 1. The zero-order valence-electron chi connectivity index (χ0n) is 6.80. The van der Waals surface area contributed by atoms with Gasteiger partial charge >= 0.3 is 0 Å². The molecule has 1 aromatic rings. The van der Waals surface area contributed by atoms with Crippen LogP contribution in [-0.4, -0.2) is 5.24 Å². The number of halogens is 1. The van der Waals surface area contributed by atoms with Crippen molar-refractivity contribution in [3.05, 3.63) is 29.3 Å². The number of nitrogens with two attached hydrogens (primary N) is 1. The van der Waals surface area contributed by atoms with Crippen molar-refractivity contribution in [1.82, 2.24) is 0 Å². The molecule has 0 spiro atoms. The van der Waals surface area contributed by atoms with Crippen LogP contribution in [0.2, 0.25) is 0 Å². The summed E-state index contributed by atoms with van der Waals surface area (Å²) < 4.78 is 0. The molecule has 0 aliphatic rings. The highest BCUT2D eigenvalue weighted by atomic mass is 35.5. The van der Waals surface area contributed by atoms with E-state index in [9.17, 15) is 4.79 Å². The summed E-state index contributed by atoms with van der Waals surface area (Å²) in [7, 11) is 0. The first kappa shape index (κ1) is 9.07. The van der Waals surface area contributed by atoms with Crippen LogP contribution in [0.1, 0.15) is 22.8 Å². The second kappa shape index (κ2) is 3.59. The quantitative estimate of drug-likeness (QED) is 0.564. The molecule has 3 heteroatoms. The first-order valence-corrected chi connectivity index (χ1v) is 4.11. The van der Waals surface area contributed by atoms with Gasteiger partial charge in [0.25, 0.3) is 5.24 Å². The van der Waals surface area contributed by atoms with Crippen LogP contribution >= 0.6 is 11.6 Å². The topological polar surface area (TPSA) is 43.1 Å². The third-order valence-electron chi connectivity index (χ3n) is 1.75. The van der Waals surface area contributed by atoms with Gasteiger partial charge in [0.2, 0.25) is 0 Å². The lowest BCUT2D eigenvalue weighted by Gasteiger charge is -2.02. The van der Waals surface area contributed by atoms with Crippen LogP contribution in [-0.2, 0) is 6.42 Å². The fraction of sp³-hybridized carbons (Fsp3) is 0.222. The first-order chi connectivity index (χ1) is 5.65. The first-order valence-electron chi connectivity index (χ1n) is 3.73. The van der Waals surface area contributed by atoms with Gasteiger partial charge in [0.05, 0.1) is 0 Å². The number of carbonyl (C=O) groups excluding carboxylic acids is 1. The summed E-state index contributed by atoms with van der Waals surface area (Å²) in [6.07, 6.45) is 0.809. The molecule has 0 bridgehead atoms. The lowest BCUT2D eigenvalue weighted by Crippen LogP contribution is -1.96. The Morgan fingerprint density at radius 3 is 2.75 bits per heavy atom. The van der Waals surface area contributed by atoms with Gasteiger partial charge in [-0.25, -0.2) is 0 Å². The summed E-state index contributed by atoms with van der Waals surface area (Å²) in [4.78, 5) is 10.7. The van der Waals surface area contributed by atoms with E-state index in [-0.39, 0.29) is 0 Å². The van der Waals surface area contributed by atoms with E-state index in [2.05, 4.69) is 0 Å². The maximum absolute atomic E-state index is 10.7. The van der Waals surface area contributed by atoms with E-state index in [0.29, 0.717) is 11.3 Å². The third kappa shape index (κ3) is 1.77. The predicted octanol–water partition coefficient (Wildman–Crippen LogP) is 2.21. The van der Waals surface area contributed by atoms with Crippen molar-refractivity contribution in [3.63, 3.8) is 0 Å². The van der Waals surface area contributed by atoms with Gasteiger partial charge in [-0.1, -0.05) is 6.92 Å². The normalized spacial score (nSPS) is 9.83. The zero-order chi connectivity index (χ0) is 9.14. The van der Waals surface area contributed by atoms with Crippen LogP contribution in [0.15, 0.2) is 18.2 Å². The molecule has 0 fully saturated rings. The molecule has 12 heavy (non-hydrogen) atoms. The number of hydrogen-bond acceptors (Lipinski definition) is 2. The minimum Gasteiger partial charge on any atom is -0.399 e. The average molecular weight is 184 g/mol. The molecule has 0 amide bonds. The Bertz CT molecular complexity index is 309. The Labute approximate surface area is 76.3 Å². The molecule has 0 unspecified atom stereocenters. The minimum absolute atomic E-state index is 0.440. The summed E-state index contributed by atoms with van der Waals surface area (Å²) >= 11 is 5.30. The van der Waals surface area contributed by atoms with E-state index in [1.807, 2.05) is 6.92 Å². The van der Waals surface area contributed by atoms with Crippen LogP contribution in [0.25, 0.3) is 0 Å².